The van der Waals surface area contributed by atoms with E-state index in [1.807, 2.05) is 6.07 Å². The zero-order valence-electron chi connectivity index (χ0n) is 10.1. The molecule has 0 radical (unpaired) electrons. The van der Waals surface area contributed by atoms with Gasteiger partial charge in [0.25, 0.3) is 0 Å². The molecule has 1 aliphatic heterocycles. The van der Waals surface area contributed by atoms with Crippen LogP contribution in [0, 0.1) is 0 Å². The molecule has 96 valence electrons. The maximum Gasteiger partial charge on any atom is 0.137 e. The normalized spacial score (nSPS) is 23.8. The maximum absolute atomic E-state index is 6.20. The predicted molar refractivity (Wildman–Crippen MR) is 69.8 cm³/mol. The van der Waals surface area contributed by atoms with Gasteiger partial charge in [0, 0.05) is 13.1 Å². The van der Waals surface area contributed by atoms with Crippen molar-refractivity contribution in [2.45, 2.75) is 25.5 Å². The first-order valence-electron chi connectivity index (χ1n) is 6.04. The molecule has 5 heteroatoms. The summed E-state index contributed by atoms with van der Waals surface area (Å²) >= 11 is 3.44. The lowest BCUT2D eigenvalue weighted by Gasteiger charge is -2.35. The number of hydrogen-bond acceptors (Lipinski definition) is 4. The van der Waals surface area contributed by atoms with E-state index in [0.29, 0.717) is 0 Å². The van der Waals surface area contributed by atoms with Gasteiger partial charge in [-0.15, -0.1) is 0 Å². The summed E-state index contributed by atoms with van der Waals surface area (Å²) in [5.74, 6) is 0.772. The van der Waals surface area contributed by atoms with Gasteiger partial charge in [-0.05, 0) is 35.0 Å². The molecular weight excluding hydrogens is 284 g/mol. The number of morpholine rings is 1. The molecule has 1 aromatic rings. The number of halogens is 1. The highest BCUT2D eigenvalue weighted by Gasteiger charge is 2.29. The van der Waals surface area contributed by atoms with E-state index in [2.05, 4.69) is 27.8 Å². The van der Waals surface area contributed by atoms with Crippen LogP contribution in [0.25, 0.3) is 0 Å². The minimum atomic E-state index is -0.209. The van der Waals surface area contributed by atoms with Crippen LogP contribution in [0.15, 0.2) is 21.2 Å². The molecule has 0 aromatic carbocycles. The van der Waals surface area contributed by atoms with Gasteiger partial charge in [0.15, 0.2) is 0 Å². The van der Waals surface area contributed by atoms with Crippen LogP contribution in [-0.2, 0) is 4.74 Å². The van der Waals surface area contributed by atoms with Crippen LogP contribution in [0.4, 0.5) is 0 Å². The quantitative estimate of drug-likeness (QED) is 0.926. The molecule has 17 heavy (non-hydrogen) atoms. The van der Waals surface area contributed by atoms with Crippen LogP contribution in [0.3, 0.4) is 0 Å². The molecule has 1 aliphatic rings. The molecule has 2 heterocycles. The van der Waals surface area contributed by atoms with Crippen molar-refractivity contribution < 1.29 is 9.15 Å². The van der Waals surface area contributed by atoms with E-state index in [4.69, 9.17) is 14.9 Å². The Labute approximate surface area is 110 Å². The molecule has 0 spiro atoms. The summed E-state index contributed by atoms with van der Waals surface area (Å²) in [6.45, 7) is 5.91. The summed E-state index contributed by atoms with van der Waals surface area (Å²) in [5.41, 5.74) is 6.20. The van der Waals surface area contributed by atoms with Crippen molar-refractivity contribution in [3.05, 3.63) is 22.6 Å². The predicted octanol–water partition coefficient (Wildman–Crippen LogP) is 2.15. The van der Waals surface area contributed by atoms with Crippen LogP contribution in [0.5, 0.6) is 0 Å². The molecule has 0 amide bonds. The smallest absolute Gasteiger partial charge is 0.137 e. The molecule has 2 unspecified atom stereocenters. The average Bonchev–Trinajstić information content (AvgIpc) is 2.75. The Balaban J connectivity index is 1.99. The monoisotopic (exact) mass is 302 g/mol. The Hall–Kier alpha value is -0.360. The number of hydrogen-bond donors (Lipinski definition) is 1. The highest BCUT2D eigenvalue weighted by atomic mass is 79.9. The van der Waals surface area contributed by atoms with E-state index < -0.39 is 0 Å². The number of furan rings is 1. The lowest BCUT2D eigenvalue weighted by Crippen LogP contribution is -2.47. The van der Waals surface area contributed by atoms with Gasteiger partial charge in [-0.25, -0.2) is 0 Å². The SMILES string of the molecule is CCCN1CCOC(C(N)c2occc2Br)C1. The van der Waals surface area contributed by atoms with Crippen molar-refractivity contribution in [2.75, 3.05) is 26.2 Å². The van der Waals surface area contributed by atoms with Crippen LogP contribution >= 0.6 is 15.9 Å². The van der Waals surface area contributed by atoms with E-state index in [-0.39, 0.29) is 12.1 Å². The van der Waals surface area contributed by atoms with E-state index in [0.717, 1.165) is 42.9 Å². The Morgan fingerprint density at radius 3 is 3.12 bits per heavy atom. The van der Waals surface area contributed by atoms with Crippen molar-refractivity contribution >= 4 is 15.9 Å². The second-order valence-corrected chi connectivity index (χ2v) is 5.22. The second kappa shape index (κ2) is 6.00. The summed E-state index contributed by atoms with van der Waals surface area (Å²) in [6, 6.07) is 1.65. The topological polar surface area (TPSA) is 51.6 Å². The standard InChI is InChI=1S/C12H19BrN2O2/c1-2-4-15-5-7-16-10(8-15)11(14)12-9(13)3-6-17-12/h3,6,10-11H,2,4-5,7-8,14H2,1H3. The minimum Gasteiger partial charge on any atom is -0.466 e. The average molecular weight is 303 g/mol. The Morgan fingerprint density at radius 1 is 1.65 bits per heavy atom. The third-order valence-corrected chi connectivity index (χ3v) is 3.72. The first-order chi connectivity index (χ1) is 8.22. The lowest BCUT2D eigenvalue weighted by molar-refractivity contribution is -0.0437. The van der Waals surface area contributed by atoms with Gasteiger partial charge < -0.3 is 14.9 Å². The van der Waals surface area contributed by atoms with Gasteiger partial charge in [-0.1, -0.05) is 6.92 Å². The zero-order valence-corrected chi connectivity index (χ0v) is 11.6. The fourth-order valence-electron chi connectivity index (χ4n) is 2.18. The Kier molecular flexibility index (Phi) is 4.62. The van der Waals surface area contributed by atoms with Gasteiger partial charge >= 0.3 is 0 Å². The molecule has 1 saturated heterocycles. The fourth-order valence-corrected chi connectivity index (χ4v) is 2.65. The van der Waals surface area contributed by atoms with Crippen molar-refractivity contribution in [3.63, 3.8) is 0 Å². The van der Waals surface area contributed by atoms with Crippen LogP contribution in [-0.4, -0.2) is 37.2 Å². The van der Waals surface area contributed by atoms with E-state index in [1.54, 1.807) is 6.26 Å². The Morgan fingerprint density at radius 2 is 2.47 bits per heavy atom. The first-order valence-corrected chi connectivity index (χ1v) is 6.84. The van der Waals surface area contributed by atoms with Gasteiger partial charge in [-0.3, -0.25) is 4.90 Å². The molecule has 0 aliphatic carbocycles. The van der Waals surface area contributed by atoms with Crippen LogP contribution in [0.1, 0.15) is 25.1 Å². The first kappa shape index (κ1) is 13.1. The maximum atomic E-state index is 6.20. The summed E-state index contributed by atoms with van der Waals surface area (Å²) in [7, 11) is 0. The highest BCUT2D eigenvalue weighted by molar-refractivity contribution is 9.10. The van der Waals surface area contributed by atoms with Gasteiger partial charge in [0.2, 0.25) is 0 Å². The van der Waals surface area contributed by atoms with E-state index in [1.165, 1.54) is 0 Å². The summed E-state index contributed by atoms with van der Waals surface area (Å²) < 4.78 is 12.1. The molecular formula is C12H19BrN2O2. The fraction of sp³-hybridized carbons (Fsp3) is 0.667. The van der Waals surface area contributed by atoms with Crippen molar-refractivity contribution in [2.24, 2.45) is 5.73 Å². The molecule has 2 rings (SSSR count). The zero-order chi connectivity index (χ0) is 12.3. The van der Waals surface area contributed by atoms with Crippen molar-refractivity contribution in [3.8, 4) is 0 Å². The lowest BCUT2D eigenvalue weighted by atomic mass is 10.1. The second-order valence-electron chi connectivity index (χ2n) is 4.37. The van der Waals surface area contributed by atoms with E-state index >= 15 is 0 Å². The number of ether oxygens (including phenoxy) is 1. The van der Waals surface area contributed by atoms with Crippen LogP contribution < -0.4 is 5.73 Å². The number of nitrogens with two attached hydrogens (primary N) is 1. The molecule has 1 aromatic heterocycles. The molecule has 2 N–H and O–H groups in total. The number of rotatable bonds is 4. The summed E-state index contributed by atoms with van der Waals surface area (Å²) in [4.78, 5) is 2.39. The third kappa shape index (κ3) is 3.10. The van der Waals surface area contributed by atoms with E-state index in [9.17, 15) is 0 Å². The van der Waals surface area contributed by atoms with Gasteiger partial charge in [-0.2, -0.15) is 0 Å². The number of nitrogens with zero attached hydrogens (tertiary/aromatic N) is 1. The third-order valence-electron chi connectivity index (χ3n) is 3.07. The Bertz CT molecular complexity index is 354. The highest BCUT2D eigenvalue weighted by Crippen LogP contribution is 2.27. The van der Waals surface area contributed by atoms with Crippen LogP contribution in [0.2, 0.25) is 0 Å². The minimum absolute atomic E-state index is 0.0118. The molecule has 0 saturated carbocycles. The summed E-state index contributed by atoms with van der Waals surface area (Å²) in [5, 5.41) is 0. The van der Waals surface area contributed by atoms with Gasteiger partial charge in [0.05, 0.1) is 29.5 Å². The molecule has 0 bridgehead atoms. The van der Waals surface area contributed by atoms with Gasteiger partial charge in [0.1, 0.15) is 5.76 Å². The molecule has 1 fully saturated rings. The van der Waals surface area contributed by atoms with Crippen molar-refractivity contribution in [1.82, 2.24) is 4.90 Å². The largest absolute Gasteiger partial charge is 0.466 e. The molecule has 4 nitrogen and oxygen atoms in total. The molecule has 2 atom stereocenters. The van der Waals surface area contributed by atoms with Crippen molar-refractivity contribution in [1.29, 1.82) is 0 Å². The summed E-state index contributed by atoms with van der Waals surface area (Å²) in [6.07, 6.45) is 2.82.